The van der Waals surface area contributed by atoms with Gasteiger partial charge in [-0.05, 0) is 19.1 Å². The first-order valence-electron chi connectivity index (χ1n) is 6.90. The van der Waals surface area contributed by atoms with Crippen molar-refractivity contribution in [2.24, 2.45) is 0 Å². The minimum atomic E-state index is -0.727. The van der Waals surface area contributed by atoms with Crippen molar-refractivity contribution < 1.29 is 28.7 Å². The van der Waals surface area contributed by atoms with Gasteiger partial charge in [-0.2, -0.15) is 0 Å². The molecule has 0 atom stereocenters. The van der Waals surface area contributed by atoms with Crippen LogP contribution in [0.25, 0.3) is 0 Å². The van der Waals surface area contributed by atoms with Gasteiger partial charge < -0.3 is 19.1 Å². The molecule has 128 valence electrons. The van der Waals surface area contributed by atoms with Crippen molar-refractivity contribution in [3.63, 3.8) is 0 Å². The number of carbonyl (C=O) groups is 2. The monoisotopic (exact) mass is 336 g/mol. The lowest BCUT2D eigenvalue weighted by Gasteiger charge is -2.31. The van der Waals surface area contributed by atoms with E-state index < -0.39 is 16.9 Å². The SMILES string of the molecule is COC(=O)C1=C(C(=O)OC)N(c2ccc([N+](=O)[O-])c(C)c2)COC1. The highest BCUT2D eigenvalue weighted by Gasteiger charge is 2.32. The van der Waals surface area contributed by atoms with Gasteiger partial charge in [0, 0.05) is 17.3 Å². The smallest absolute Gasteiger partial charge is 0.355 e. The Balaban J connectivity index is 2.54. The number of hydrogen-bond donors (Lipinski definition) is 0. The fraction of sp³-hybridized carbons (Fsp3) is 0.333. The van der Waals surface area contributed by atoms with E-state index in [-0.39, 0.29) is 30.3 Å². The van der Waals surface area contributed by atoms with Gasteiger partial charge in [0.2, 0.25) is 0 Å². The number of ether oxygens (including phenoxy) is 3. The molecule has 1 aromatic rings. The molecule has 0 fully saturated rings. The van der Waals surface area contributed by atoms with Crippen LogP contribution >= 0.6 is 0 Å². The molecule has 9 heteroatoms. The van der Waals surface area contributed by atoms with Gasteiger partial charge in [0.1, 0.15) is 12.4 Å². The number of nitrogens with zero attached hydrogens (tertiary/aromatic N) is 2. The number of benzene rings is 1. The second-order valence-corrected chi connectivity index (χ2v) is 4.94. The van der Waals surface area contributed by atoms with Crippen LogP contribution in [0.5, 0.6) is 0 Å². The summed E-state index contributed by atoms with van der Waals surface area (Å²) in [5, 5.41) is 10.9. The maximum Gasteiger partial charge on any atom is 0.355 e. The molecule has 0 bridgehead atoms. The van der Waals surface area contributed by atoms with Crippen LogP contribution in [-0.4, -0.2) is 44.4 Å². The molecule has 0 saturated heterocycles. The summed E-state index contributed by atoms with van der Waals surface area (Å²) in [5.41, 5.74) is 0.829. The largest absolute Gasteiger partial charge is 0.466 e. The molecular formula is C15H16N2O7. The highest BCUT2D eigenvalue weighted by Crippen LogP contribution is 2.30. The van der Waals surface area contributed by atoms with Crippen molar-refractivity contribution in [2.75, 3.05) is 32.5 Å². The van der Waals surface area contributed by atoms with Crippen LogP contribution in [-0.2, 0) is 23.8 Å². The number of carbonyl (C=O) groups excluding carboxylic acids is 2. The zero-order valence-electron chi connectivity index (χ0n) is 13.4. The summed E-state index contributed by atoms with van der Waals surface area (Å²) in [4.78, 5) is 35.9. The number of methoxy groups -OCH3 is 2. The maximum absolute atomic E-state index is 12.1. The van der Waals surface area contributed by atoms with Crippen molar-refractivity contribution in [3.05, 3.63) is 45.1 Å². The first-order valence-corrected chi connectivity index (χ1v) is 6.90. The normalized spacial score (nSPS) is 14.4. The number of nitro groups is 1. The van der Waals surface area contributed by atoms with Gasteiger partial charge in [0.05, 0.1) is 31.3 Å². The lowest BCUT2D eigenvalue weighted by atomic mass is 10.1. The second kappa shape index (κ2) is 7.09. The minimum absolute atomic E-state index is 0.0103. The van der Waals surface area contributed by atoms with Crippen molar-refractivity contribution in [1.29, 1.82) is 0 Å². The topological polar surface area (TPSA) is 108 Å². The van der Waals surface area contributed by atoms with Gasteiger partial charge in [0.25, 0.3) is 5.69 Å². The molecule has 0 N–H and O–H groups in total. The van der Waals surface area contributed by atoms with Crippen LogP contribution < -0.4 is 4.90 Å². The highest BCUT2D eigenvalue weighted by atomic mass is 16.6. The average Bonchev–Trinajstić information content (AvgIpc) is 2.59. The molecule has 1 heterocycles. The van der Waals surface area contributed by atoms with Crippen molar-refractivity contribution in [2.45, 2.75) is 6.92 Å². The van der Waals surface area contributed by atoms with E-state index in [9.17, 15) is 19.7 Å². The number of nitro benzene ring substituents is 1. The lowest BCUT2D eigenvalue weighted by Crippen LogP contribution is -2.38. The summed E-state index contributed by atoms with van der Waals surface area (Å²) in [7, 11) is 2.39. The van der Waals surface area contributed by atoms with Crippen LogP contribution in [0.1, 0.15) is 5.56 Å². The molecule has 1 aliphatic heterocycles. The zero-order valence-corrected chi connectivity index (χ0v) is 13.4. The highest BCUT2D eigenvalue weighted by molar-refractivity contribution is 6.03. The summed E-state index contributed by atoms with van der Waals surface area (Å²) >= 11 is 0. The molecule has 0 unspecified atom stereocenters. The van der Waals surface area contributed by atoms with Gasteiger partial charge in [-0.25, -0.2) is 9.59 Å². The van der Waals surface area contributed by atoms with E-state index >= 15 is 0 Å². The first-order chi connectivity index (χ1) is 11.4. The Hall–Kier alpha value is -2.94. The van der Waals surface area contributed by atoms with Crippen molar-refractivity contribution >= 4 is 23.3 Å². The molecular weight excluding hydrogens is 320 g/mol. The van der Waals surface area contributed by atoms with Crippen LogP contribution in [0.3, 0.4) is 0 Å². The van der Waals surface area contributed by atoms with E-state index in [1.807, 2.05) is 0 Å². The van der Waals surface area contributed by atoms with Crippen LogP contribution in [0.4, 0.5) is 11.4 Å². The molecule has 9 nitrogen and oxygen atoms in total. The third-order valence-electron chi connectivity index (χ3n) is 3.52. The lowest BCUT2D eigenvalue weighted by molar-refractivity contribution is -0.385. The number of anilines is 1. The Bertz CT molecular complexity index is 727. The molecule has 0 saturated carbocycles. The van der Waals surface area contributed by atoms with Crippen molar-refractivity contribution in [1.82, 2.24) is 0 Å². The molecule has 0 radical (unpaired) electrons. The number of aryl methyl sites for hydroxylation is 1. The summed E-state index contributed by atoms with van der Waals surface area (Å²) in [5.74, 6) is -1.44. The summed E-state index contributed by atoms with van der Waals surface area (Å²) in [6, 6.07) is 4.33. The third-order valence-corrected chi connectivity index (χ3v) is 3.52. The summed E-state index contributed by atoms with van der Waals surface area (Å²) in [6.45, 7) is 1.47. The Kier molecular flexibility index (Phi) is 5.14. The Morgan fingerprint density at radius 2 is 1.92 bits per heavy atom. The number of rotatable bonds is 4. The molecule has 2 rings (SSSR count). The molecule has 24 heavy (non-hydrogen) atoms. The van der Waals surface area contributed by atoms with Gasteiger partial charge >= 0.3 is 11.9 Å². The van der Waals surface area contributed by atoms with Gasteiger partial charge in [-0.3, -0.25) is 10.1 Å². The third kappa shape index (κ3) is 3.20. The quantitative estimate of drug-likeness (QED) is 0.460. The van der Waals surface area contributed by atoms with Gasteiger partial charge in [-0.15, -0.1) is 0 Å². The van der Waals surface area contributed by atoms with Crippen molar-refractivity contribution in [3.8, 4) is 0 Å². The molecule has 1 aliphatic rings. The summed E-state index contributed by atoms with van der Waals surface area (Å²) < 4.78 is 14.8. The van der Waals surface area contributed by atoms with E-state index in [0.717, 1.165) is 0 Å². The first kappa shape index (κ1) is 17.4. The molecule has 0 aromatic heterocycles. The molecule has 0 aliphatic carbocycles. The Morgan fingerprint density at radius 3 is 2.46 bits per heavy atom. The van der Waals surface area contributed by atoms with Gasteiger partial charge in [0.15, 0.2) is 0 Å². The predicted octanol–water partition coefficient (Wildman–Crippen LogP) is 1.30. The van der Waals surface area contributed by atoms with Crippen LogP contribution in [0.2, 0.25) is 0 Å². The fourth-order valence-electron chi connectivity index (χ4n) is 2.36. The Labute approximate surface area is 137 Å². The molecule has 0 spiro atoms. The van der Waals surface area contributed by atoms with Gasteiger partial charge in [-0.1, -0.05) is 0 Å². The van der Waals surface area contributed by atoms with E-state index in [0.29, 0.717) is 11.3 Å². The number of hydrogen-bond acceptors (Lipinski definition) is 8. The van der Waals surface area contributed by atoms with E-state index in [1.165, 1.54) is 37.3 Å². The van der Waals surface area contributed by atoms with E-state index in [2.05, 4.69) is 4.74 Å². The number of esters is 2. The fourth-order valence-corrected chi connectivity index (χ4v) is 2.36. The average molecular weight is 336 g/mol. The minimum Gasteiger partial charge on any atom is -0.466 e. The zero-order chi connectivity index (χ0) is 17.9. The van der Waals surface area contributed by atoms with E-state index in [1.54, 1.807) is 6.92 Å². The maximum atomic E-state index is 12.1. The Morgan fingerprint density at radius 1 is 1.25 bits per heavy atom. The molecule has 1 aromatic carbocycles. The second-order valence-electron chi connectivity index (χ2n) is 4.94. The van der Waals surface area contributed by atoms with Crippen LogP contribution in [0.15, 0.2) is 29.5 Å². The predicted molar refractivity (Wildman–Crippen MR) is 82.2 cm³/mol. The van der Waals surface area contributed by atoms with E-state index in [4.69, 9.17) is 9.47 Å². The standard InChI is InChI=1S/C15H16N2O7/c1-9-6-10(4-5-12(9)17(20)21)16-8-24-7-11(14(18)22-2)13(16)15(19)23-3/h4-6H,7-8H2,1-3H3. The summed E-state index contributed by atoms with van der Waals surface area (Å²) in [6.07, 6.45) is 0. The van der Waals surface area contributed by atoms with Crippen LogP contribution in [0, 0.1) is 17.0 Å². The molecule has 0 amide bonds.